The molecule has 0 amide bonds. The van der Waals surface area contributed by atoms with Gasteiger partial charge in [0.2, 0.25) is 0 Å². The van der Waals surface area contributed by atoms with Gasteiger partial charge in [-0.25, -0.2) is 0 Å². The number of nitrogens with zero attached hydrogens (tertiary/aromatic N) is 1. The van der Waals surface area contributed by atoms with Crippen molar-refractivity contribution in [1.29, 1.82) is 0 Å². The van der Waals surface area contributed by atoms with E-state index < -0.39 is 0 Å². The van der Waals surface area contributed by atoms with Crippen molar-refractivity contribution in [2.24, 2.45) is 0 Å². The Bertz CT molecular complexity index is 268. The Morgan fingerprint density at radius 1 is 1.07 bits per heavy atom. The fraction of sp³-hybridized carbons (Fsp3) is 0.643. The number of hydrogen-bond acceptors (Lipinski definition) is 1. The molecule has 0 aromatic carbocycles. The molecule has 0 fully saturated rings. The van der Waals surface area contributed by atoms with E-state index in [1.165, 1.54) is 49.8 Å². The van der Waals surface area contributed by atoms with Gasteiger partial charge in [-0.2, -0.15) is 0 Å². The van der Waals surface area contributed by atoms with Gasteiger partial charge in [0.1, 0.15) is 0 Å². The second-order valence-corrected chi connectivity index (χ2v) is 4.34. The number of aryl methyl sites for hydroxylation is 2. The predicted molar refractivity (Wildman–Crippen MR) is 66.1 cm³/mol. The molecule has 0 aliphatic carbocycles. The van der Waals surface area contributed by atoms with E-state index >= 15 is 0 Å². The van der Waals surface area contributed by atoms with Crippen LogP contribution in [0, 0.1) is 6.92 Å². The van der Waals surface area contributed by atoms with Gasteiger partial charge in [0.05, 0.1) is 0 Å². The zero-order valence-corrected chi connectivity index (χ0v) is 10.1. The van der Waals surface area contributed by atoms with Crippen molar-refractivity contribution in [2.45, 2.75) is 58.8 Å². The lowest BCUT2D eigenvalue weighted by atomic mass is 10.1. The quantitative estimate of drug-likeness (QED) is 0.605. The predicted octanol–water partition coefficient (Wildman–Crippen LogP) is 4.29. The van der Waals surface area contributed by atoms with Crippen LogP contribution in [0.25, 0.3) is 0 Å². The van der Waals surface area contributed by atoms with Crippen molar-refractivity contribution in [3.8, 4) is 0 Å². The number of hydrogen-bond donors (Lipinski definition) is 0. The first-order chi connectivity index (χ1) is 7.33. The summed E-state index contributed by atoms with van der Waals surface area (Å²) in [6.07, 6.45) is 11.2. The average Bonchev–Trinajstić information content (AvgIpc) is 2.23. The number of pyridine rings is 1. The van der Waals surface area contributed by atoms with Crippen molar-refractivity contribution in [1.82, 2.24) is 4.98 Å². The Labute approximate surface area is 93.9 Å². The summed E-state index contributed by atoms with van der Waals surface area (Å²) in [5.74, 6) is 0. The third kappa shape index (κ3) is 5.56. The van der Waals surface area contributed by atoms with E-state index in [0.717, 1.165) is 6.42 Å². The Balaban J connectivity index is 2.10. The van der Waals surface area contributed by atoms with Crippen molar-refractivity contribution < 1.29 is 0 Å². The van der Waals surface area contributed by atoms with Crippen molar-refractivity contribution in [3.05, 3.63) is 29.6 Å². The minimum Gasteiger partial charge on any atom is -0.261 e. The summed E-state index contributed by atoms with van der Waals surface area (Å²) in [6.45, 7) is 4.39. The lowest BCUT2D eigenvalue weighted by molar-refractivity contribution is 0.604. The molecule has 0 bridgehead atoms. The van der Waals surface area contributed by atoms with Gasteiger partial charge in [-0.1, -0.05) is 39.0 Å². The lowest BCUT2D eigenvalue weighted by Gasteiger charge is -2.02. The Hall–Kier alpha value is -0.850. The van der Waals surface area contributed by atoms with Crippen LogP contribution in [0.3, 0.4) is 0 Å². The number of rotatable bonds is 7. The highest BCUT2D eigenvalue weighted by atomic mass is 14.7. The van der Waals surface area contributed by atoms with E-state index in [1.54, 1.807) is 0 Å². The maximum atomic E-state index is 4.37. The largest absolute Gasteiger partial charge is 0.261 e. The van der Waals surface area contributed by atoms with Gasteiger partial charge < -0.3 is 0 Å². The van der Waals surface area contributed by atoms with E-state index in [1.807, 2.05) is 6.20 Å². The molecule has 0 N–H and O–H groups in total. The highest BCUT2D eigenvalue weighted by Gasteiger charge is 1.95. The molecule has 0 unspecified atom stereocenters. The first-order valence-corrected chi connectivity index (χ1v) is 6.24. The molecule has 1 aromatic rings. The third-order valence-corrected chi connectivity index (χ3v) is 2.76. The number of aromatic nitrogens is 1. The van der Waals surface area contributed by atoms with E-state index in [4.69, 9.17) is 0 Å². The minimum atomic E-state index is 1.15. The highest BCUT2D eigenvalue weighted by molar-refractivity contribution is 5.14. The molecule has 1 rings (SSSR count). The Morgan fingerprint density at radius 2 is 1.80 bits per heavy atom. The maximum Gasteiger partial charge on any atom is 0.0406 e. The molecule has 1 aromatic heterocycles. The molecule has 0 radical (unpaired) electrons. The van der Waals surface area contributed by atoms with Crippen molar-refractivity contribution in [2.75, 3.05) is 0 Å². The molecule has 0 aliphatic rings. The standard InChI is InChI=1S/C14H23N/c1-3-4-5-6-7-8-9-14-12-13(2)10-11-15-14/h10-12H,3-9H2,1-2H3. The summed E-state index contributed by atoms with van der Waals surface area (Å²) in [7, 11) is 0. The van der Waals surface area contributed by atoms with Gasteiger partial charge >= 0.3 is 0 Å². The second kappa shape index (κ2) is 7.44. The summed E-state index contributed by atoms with van der Waals surface area (Å²) >= 11 is 0. The fourth-order valence-corrected chi connectivity index (χ4v) is 1.82. The third-order valence-electron chi connectivity index (χ3n) is 2.76. The summed E-state index contributed by atoms with van der Waals surface area (Å²) in [6, 6.07) is 4.26. The van der Waals surface area contributed by atoms with E-state index in [9.17, 15) is 0 Å². The molecule has 0 saturated heterocycles. The van der Waals surface area contributed by atoms with E-state index in [2.05, 4.69) is 31.0 Å². The maximum absolute atomic E-state index is 4.37. The first kappa shape index (κ1) is 12.2. The van der Waals surface area contributed by atoms with Crippen LogP contribution in [0.1, 0.15) is 56.7 Å². The zero-order chi connectivity index (χ0) is 10.9. The van der Waals surface area contributed by atoms with Gasteiger partial charge in [0, 0.05) is 11.9 Å². The summed E-state index contributed by atoms with van der Waals surface area (Å²) < 4.78 is 0. The van der Waals surface area contributed by atoms with Crippen LogP contribution in [0.2, 0.25) is 0 Å². The van der Waals surface area contributed by atoms with Crippen LogP contribution < -0.4 is 0 Å². The van der Waals surface area contributed by atoms with Crippen molar-refractivity contribution >= 4 is 0 Å². The zero-order valence-electron chi connectivity index (χ0n) is 10.1. The van der Waals surface area contributed by atoms with Gasteiger partial charge in [0.25, 0.3) is 0 Å². The Morgan fingerprint density at radius 3 is 2.53 bits per heavy atom. The number of unbranched alkanes of at least 4 members (excludes halogenated alkanes) is 5. The molecule has 0 atom stereocenters. The molecule has 84 valence electrons. The summed E-state index contributed by atoms with van der Waals surface area (Å²) in [5.41, 5.74) is 2.58. The normalized spacial score (nSPS) is 10.5. The minimum absolute atomic E-state index is 1.15. The average molecular weight is 205 g/mol. The lowest BCUT2D eigenvalue weighted by Crippen LogP contribution is -1.90. The van der Waals surface area contributed by atoms with Gasteiger partial charge in [-0.05, 0) is 37.5 Å². The molecule has 0 spiro atoms. The molecular weight excluding hydrogens is 182 g/mol. The molecule has 1 nitrogen and oxygen atoms in total. The van der Waals surface area contributed by atoms with Crippen molar-refractivity contribution in [3.63, 3.8) is 0 Å². The monoisotopic (exact) mass is 205 g/mol. The van der Waals surface area contributed by atoms with Gasteiger partial charge in [-0.15, -0.1) is 0 Å². The van der Waals surface area contributed by atoms with Crippen LogP contribution in [0.5, 0.6) is 0 Å². The van der Waals surface area contributed by atoms with Crippen LogP contribution in [-0.2, 0) is 6.42 Å². The van der Waals surface area contributed by atoms with Gasteiger partial charge in [0.15, 0.2) is 0 Å². The molecule has 1 heterocycles. The molecule has 15 heavy (non-hydrogen) atoms. The first-order valence-electron chi connectivity index (χ1n) is 6.24. The van der Waals surface area contributed by atoms with Crippen LogP contribution in [0.4, 0.5) is 0 Å². The SMILES string of the molecule is CCCCCCCCc1cc(C)ccn1. The van der Waals surface area contributed by atoms with Crippen LogP contribution in [0.15, 0.2) is 18.3 Å². The van der Waals surface area contributed by atoms with Gasteiger partial charge in [-0.3, -0.25) is 4.98 Å². The molecule has 0 saturated carbocycles. The van der Waals surface area contributed by atoms with Crippen LogP contribution >= 0.6 is 0 Å². The summed E-state index contributed by atoms with van der Waals surface area (Å²) in [5, 5.41) is 0. The molecule has 1 heteroatoms. The molecule has 0 aliphatic heterocycles. The fourth-order valence-electron chi connectivity index (χ4n) is 1.82. The highest BCUT2D eigenvalue weighted by Crippen LogP contribution is 2.09. The smallest absolute Gasteiger partial charge is 0.0406 e. The summed E-state index contributed by atoms with van der Waals surface area (Å²) in [4.78, 5) is 4.37. The van der Waals surface area contributed by atoms with E-state index in [-0.39, 0.29) is 0 Å². The van der Waals surface area contributed by atoms with Crippen LogP contribution in [-0.4, -0.2) is 4.98 Å². The topological polar surface area (TPSA) is 12.9 Å². The van der Waals surface area contributed by atoms with E-state index in [0.29, 0.717) is 0 Å². The molecular formula is C14H23N. The second-order valence-electron chi connectivity index (χ2n) is 4.34. The Kier molecular flexibility index (Phi) is 6.06.